The van der Waals surface area contributed by atoms with Crippen molar-refractivity contribution in [3.8, 4) is 5.75 Å². The van der Waals surface area contributed by atoms with Gasteiger partial charge in [0.05, 0.1) is 13.4 Å². The molecule has 108 valence electrons. The van der Waals surface area contributed by atoms with Crippen LogP contribution in [0.15, 0.2) is 30.6 Å². The highest BCUT2D eigenvalue weighted by Crippen LogP contribution is 2.26. The lowest BCUT2D eigenvalue weighted by molar-refractivity contribution is 0.415. The monoisotopic (exact) mass is 303 g/mol. The van der Waals surface area contributed by atoms with E-state index in [4.69, 9.17) is 16.3 Å². The molecule has 0 bridgehead atoms. The molecule has 21 heavy (non-hydrogen) atoms. The maximum Gasteiger partial charge on any atom is 0.226 e. The first-order valence-electron chi connectivity index (χ1n) is 6.50. The minimum atomic E-state index is 0.183. The van der Waals surface area contributed by atoms with Crippen LogP contribution >= 0.6 is 11.6 Å². The first-order chi connectivity index (χ1) is 10.2. The van der Waals surface area contributed by atoms with Gasteiger partial charge in [0.2, 0.25) is 5.28 Å². The van der Waals surface area contributed by atoms with Gasteiger partial charge >= 0.3 is 0 Å². The number of aromatic nitrogens is 4. The van der Waals surface area contributed by atoms with Crippen molar-refractivity contribution in [3.05, 3.63) is 35.9 Å². The fourth-order valence-electron chi connectivity index (χ4n) is 2.07. The Balaban J connectivity index is 2.05. The topological polar surface area (TPSA) is 64.9 Å². The van der Waals surface area contributed by atoms with Gasteiger partial charge in [-0.15, -0.1) is 0 Å². The molecule has 0 amide bonds. The van der Waals surface area contributed by atoms with Crippen LogP contribution in [0.25, 0.3) is 11.2 Å². The van der Waals surface area contributed by atoms with Crippen molar-refractivity contribution < 1.29 is 4.74 Å². The Kier molecular flexibility index (Phi) is 3.62. The molecule has 0 unspecified atom stereocenters. The molecule has 0 radical (unpaired) electrons. The Bertz CT molecular complexity index is 786. The second kappa shape index (κ2) is 5.57. The van der Waals surface area contributed by atoms with Crippen molar-refractivity contribution >= 4 is 34.3 Å². The highest BCUT2D eigenvalue weighted by molar-refractivity contribution is 6.28. The number of aryl methyl sites for hydroxylation is 1. The van der Waals surface area contributed by atoms with Crippen LogP contribution in [0.5, 0.6) is 5.75 Å². The van der Waals surface area contributed by atoms with Crippen molar-refractivity contribution in [2.45, 2.75) is 13.5 Å². The quantitative estimate of drug-likeness (QED) is 0.750. The molecule has 3 aromatic rings. The molecule has 0 aliphatic rings. The predicted octanol–water partition coefficient (Wildman–Crippen LogP) is 3.25. The van der Waals surface area contributed by atoms with E-state index >= 15 is 0 Å². The van der Waals surface area contributed by atoms with Gasteiger partial charge in [0.15, 0.2) is 17.0 Å². The van der Waals surface area contributed by atoms with Gasteiger partial charge in [-0.25, -0.2) is 4.98 Å². The molecule has 1 aromatic carbocycles. The van der Waals surface area contributed by atoms with E-state index in [0.29, 0.717) is 17.0 Å². The van der Waals surface area contributed by atoms with Gasteiger partial charge in [0.25, 0.3) is 0 Å². The average Bonchev–Trinajstić information content (AvgIpc) is 2.90. The zero-order valence-electron chi connectivity index (χ0n) is 11.7. The lowest BCUT2D eigenvalue weighted by atomic mass is 10.3. The molecular formula is C14H14ClN5O. The molecule has 2 aromatic heterocycles. The summed E-state index contributed by atoms with van der Waals surface area (Å²) in [5.41, 5.74) is 2.24. The third-order valence-electron chi connectivity index (χ3n) is 3.11. The molecule has 7 heteroatoms. The summed E-state index contributed by atoms with van der Waals surface area (Å²) in [7, 11) is 1.63. The van der Waals surface area contributed by atoms with Crippen molar-refractivity contribution in [1.29, 1.82) is 0 Å². The summed E-state index contributed by atoms with van der Waals surface area (Å²) < 4.78 is 7.12. The van der Waals surface area contributed by atoms with E-state index in [1.54, 1.807) is 13.4 Å². The lowest BCUT2D eigenvalue weighted by Gasteiger charge is -2.08. The molecule has 0 spiro atoms. The van der Waals surface area contributed by atoms with Crippen LogP contribution in [-0.2, 0) is 6.54 Å². The largest absolute Gasteiger partial charge is 0.497 e. The lowest BCUT2D eigenvalue weighted by Crippen LogP contribution is -1.99. The smallest absolute Gasteiger partial charge is 0.226 e. The minimum Gasteiger partial charge on any atom is -0.497 e. The van der Waals surface area contributed by atoms with Gasteiger partial charge in [-0.3, -0.25) is 0 Å². The highest BCUT2D eigenvalue weighted by Gasteiger charge is 2.12. The zero-order valence-corrected chi connectivity index (χ0v) is 12.4. The Morgan fingerprint density at radius 2 is 2.19 bits per heavy atom. The fraction of sp³-hybridized carbons (Fsp3) is 0.214. The Morgan fingerprint density at radius 3 is 2.95 bits per heavy atom. The summed E-state index contributed by atoms with van der Waals surface area (Å²) in [6.07, 6.45) is 1.73. The predicted molar refractivity (Wildman–Crippen MR) is 82.3 cm³/mol. The van der Waals surface area contributed by atoms with E-state index in [-0.39, 0.29) is 5.28 Å². The normalized spacial score (nSPS) is 10.8. The minimum absolute atomic E-state index is 0.183. The second-order valence-corrected chi connectivity index (χ2v) is 4.74. The average molecular weight is 304 g/mol. The Hall–Kier alpha value is -2.34. The van der Waals surface area contributed by atoms with Crippen molar-refractivity contribution in [2.24, 2.45) is 0 Å². The van der Waals surface area contributed by atoms with Crippen LogP contribution in [0.4, 0.5) is 11.5 Å². The SMILES string of the molecule is CCn1cnc2c(Nc3cccc(OC)c3)nc(Cl)nc21. The van der Waals surface area contributed by atoms with Crippen LogP contribution in [0.2, 0.25) is 5.28 Å². The van der Waals surface area contributed by atoms with E-state index in [1.807, 2.05) is 35.8 Å². The molecule has 1 N–H and O–H groups in total. The summed E-state index contributed by atoms with van der Waals surface area (Å²) in [6, 6.07) is 7.56. The molecule has 0 saturated heterocycles. The van der Waals surface area contributed by atoms with E-state index in [2.05, 4.69) is 20.3 Å². The summed E-state index contributed by atoms with van der Waals surface area (Å²) in [5.74, 6) is 1.33. The summed E-state index contributed by atoms with van der Waals surface area (Å²) in [6.45, 7) is 2.79. The summed E-state index contributed by atoms with van der Waals surface area (Å²) in [5, 5.41) is 3.39. The van der Waals surface area contributed by atoms with Crippen molar-refractivity contribution in [1.82, 2.24) is 19.5 Å². The number of fused-ring (bicyclic) bond motifs is 1. The van der Waals surface area contributed by atoms with Crippen LogP contribution in [0.1, 0.15) is 6.92 Å². The molecular weight excluding hydrogens is 290 g/mol. The fourth-order valence-corrected chi connectivity index (χ4v) is 2.24. The number of hydrogen-bond donors (Lipinski definition) is 1. The van der Waals surface area contributed by atoms with E-state index in [0.717, 1.165) is 18.0 Å². The number of methoxy groups -OCH3 is 1. The molecule has 0 fully saturated rings. The number of nitrogens with one attached hydrogen (secondary N) is 1. The standard InChI is InChI=1S/C14H14ClN5O/c1-3-20-8-16-11-12(18-14(15)19-13(11)20)17-9-5-4-6-10(7-9)21-2/h4-8H,3H2,1-2H3,(H,17,18,19). The van der Waals surface area contributed by atoms with Crippen LogP contribution < -0.4 is 10.1 Å². The Labute approximate surface area is 126 Å². The number of ether oxygens (including phenoxy) is 1. The molecule has 6 nitrogen and oxygen atoms in total. The van der Waals surface area contributed by atoms with Crippen LogP contribution in [-0.4, -0.2) is 26.6 Å². The van der Waals surface area contributed by atoms with Gasteiger partial charge < -0.3 is 14.6 Å². The number of halogens is 1. The number of nitrogens with zero attached hydrogens (tertiary/aromatic N) is 4. The number of imidazole rings is 1. The van der Waals surface area contributed by atoms with Gasteiger partial charge in [0, 0.05) is 18.3 Å². The number of rotatable bonds is 4. The summed E-state index contributed by atoms with van der Waals surface area (Å²) in [4.78, 5) is 12.8. The van der Waals surface area contributed by atoms with E-state index < -0.39 is 0 Å². The van der Waals surface area contributed by atoms with E-state index in [1.165, 1.54) is 0 Å². The zero-order chi connectivity index (χ0) is 14.8. The van der Waals surface area contributed by atoms with Crippen molar-refractivity contribution in [2.75, 3.05) is 12.4 Å². The molecule has 0 aliphatic heterocycles. The van der Waals surface area contributed by atoms with Gasteiger partial charge in [-0.2, -0.15) is 9.97 Å². The molecule has 0 aliphatic carbocycles. The Morgan fingerprint density at radius 1 is 1.33 bits per heavy atom. The number of benzene rings is 1. The maximum atomic E-state index is 6.01. The molecule has 3 rings (SSSR count). The number of anilines is 2. The first-order valence-corrected chi connectivity index (χ1v) is 6.88. The van der Waals surface area contributed by atoms with Gasteiger partial charge in [-0.1, -0.05) is 6.07 Å². The summed E-state index contributed by atoms with van der Waals surface area (Å²) >= 11 is 6.01. The molecule has 2 heterocycles. The molecule has 0 atom stereocenters. The first kappa shape index (κ1) is 13.6. The van der Waals surface area contributed by atoms with E-state index in [9.17, 15) is 0 Å². The third-order valence-corrected chi connectivity index (χ3v) is 3.28. The third kappa shape index (κ3) is 2.62. The second-order valence-electron chi connectivity index (χ2n) is 4.40. The maximum absolute atomic E-state index is 6.01. The molecule has 0 saturated carbocycles. The number of hydrogen-bond acceptors (Lipinski definition) is 5. The van der Waals surface area contributed by atoms with Crippen LogP contribution in [0.3, 0.4) is 0 Å². The van der Waals surface area contributed by atoms with Gasteiger partial charge in [-0.05, 0) is 30.7 Å². The highest BCUT2D eigenvalue weighted by atomic mass is 35.5. The van der Waals surface area contributed by atoms with Gasteiger partial charge in [0.1, 0.15) is 5.75 Å². The van der Waals surface area contributed by atoms with Crippen molar-refractivity contribution in [3.63, 3.8) is 0 Å². The van der Waals surface area contributed by atoms with Crippen LogP contribution in [0, 0.1) is 0 Å².